The lowest BCUT2D eigenvalue weighted by Crippen LogP contribution is -2.50. The molecule has 0 N–H and O–H groups in total. The van der Waals surface area contributed by atoms with E-state index in [4.69, 9.17) is 0 Å². The number of hydrogen-bond donors (Lipinski definition) is 0. The number of rotatable bonds is 3. The molecule has 0 aliphatic carbocycles. The van der Waals surface area contributed by atoms with Crippen molar-refractivity contribution in [3.63, 3.8) is 0 Å². The molecule has 0 aromatic carbocycles. The fourth-order valence-corrected chi connectivity index (χ4v) is 4.76. The molecule has 0 radical (unpaired) electrons. The van der Waals surface area contributed by atoms with Crippen molar-refractivity contribution in [3.05, 3.63) is 52.0 Å². The van der Waals surface area contributed by atoms with Crippen molar-refractivity contribution in [2.75, 3.05) is 23.7 Å². The Morgan fingerprint density at radius 2 is 2.19 bits per heavy atom. The highest BCUT2D eigenvalue weighted by atomic mass is 32.2. The summed E-state index contributed by atoms with van der Waals surface area (Å²) in [5.74, 6) is 4.10. The maximum absolute atomic E-state index is 12.4. The summed E-state index contributed by atoms with van der Waals surface area (Å²) in [6, 6.07) is 3.74. The first-order valence-electron chi connectivity index (χ1n) is 9.18. The average Bonchev–Trinajstić information content (AvgIpc) is 2.64. The van der Waals surface area contributed by atoms with Gasteiger partial charge in [-0.05, 0) is 24.3 Å². The fraction of sp³-hybridized carbons (Fsp3) is 0.421. The van der Waals surface area contributed by atoms with E-state index in [-0.39, 0.29) is 5.56 Å². The fourth-order valence-electron chi connectivity index (χ4n) is 3.80. The van der Waals surface area contributed by atoms with Crippen LogP contribution in [0.2, 0.25) is 0 Å². The third-order valence-corrected chi connectivity index (χ3v) is 6.19. The molecule has 0 bridgehead atoms. The molecular formula is C19H20N6OS. The molecule has 1 saturated heterocycles. The zero-order valence-corrected chi connectivity index (χ0v) is 15.9. The molecule has 2 aliphatic heterocycles. The molecule has 0 atom stereocenters. The quantitative estimate of drug-likeness (QED) is 0.686. The van der Waals surface area contributed by atoms with Crippen molar-refractivity contribution in [1.82, 2.24) is 24.7 Å². The van der Waals surface area contributed by atoms with Gasteiger partial charge in [0.2, 0.25) is 0 Å². The first kappa shape index (κ1) is 16.7. The van der Waals surface area contributed by atoms with Crippen molar-refractivity contribution in [2.45, 2.75) is 25.6 Å². The predicted octanol–water partition coefficient (Wildman–Crippen LogP) is 1.82. The number of nitrogens with zero attached hydrogens (tertiary/aromatic N) is 6. The molecular weight excluding hydrogens is 360 g/mol. The molecule has 7 nitrogen and oxygen atoms in total. The van der Waals surface area contributed by atoms with Crippen LogP contribution in [0, 0.1) is 12.8 Å². The number of aromatic nitrogens is 5. The molecule has 3 aromatic rings. The zero-order chi connectivity index (χ0) is 18.4. The second-order valence-electron chi connectivity index (χ2n) is 7.20. The van der Waals surface area contributed by atoms with Crippen LogP contribution in [0.15, 0.2) is 29.3 Å². The van der Waals surface area contributed by atoms with Gasteiger partial charge in [-0.3, -0.25) is 9.78 Å². The summed E-state index contributed by atoms with van der Waals surface area (Å²) in [5, 5.41) is 5.66. The number of anilines is 1. The van der Waals surface area contributed by atoms with E-state index in [2.05, 4.69) is 25.0 Å². The van der Waals surface area contributed by atoms with E-state index < -0.39 is 0 Å². The number of fused-ring (bicyclic) bond motifs is 2. The first-order valence-corrected chi connectivity index (χ1v) is 10.3. The van der Waals surface area contributed by atoms with Gasteiger partial charge in [0.25, 0.3) is 5.56 Å². The summed E-state index contributed by atoms with van der Waals surface area (Å²) in [7, 11) is 0. The van der Waals surface area contributed by atoms with Crippen LogP contribution in [0.1, 0.15) is 17.1 Å². The van der Waals surface area contributed by atoms with Crippen molar-refractivity contribution in [2.24, 2.45) is 5.92 Å². The molecule has 138 valence electrons. The van der Waals surface area contributed by atoms with Crippen molar-refractivity contribution in [1.29, 1.82) is 0 Å². The van der Waals surface area contributed by atoms with Gasteiger partial charge in [-0.1, -0.05) is 0 Å². The van der Waals surface area contributed by atoms with Crippen LogP contribution in [0.25, 0.3) is 10.9 Å². The third kappa shape index (κ3) is 3.07. The monoisotopic (exact) mass is 380 g/mol. The summed E-state index contributed by atoms with van der Waals surface area (Å²) in [4.78, 5) is 27.9. The Hall–Kier alpha value is -2.48. The van der Waals surface area contributed by atoms with Gasteiger partial charge in [0, 0.05) is 48.8 Å². The number of aryl methyl sites for hydroxylation is 2. The van der Waals surface area contributed by atoms with E-state index in [0.717, 1.165) is 64.8 Å². The standard InChI is InChI=1S/C19H20N6OS/c1-12-21-17-7-20-4-2-15(17)19(22-12)24-8-13(9-24)10-25-18(26)6-14-11-27-5-3-16(14)23-25/h2,4,6-7,13H,3,5,8-11H2,1H3. The summed E-state index contributed by atoms with van der Waals surface area (Å²) in [5.41, 5.74) is 3.09. The molecule has 27 heavy (non-hydrogen) atoms. The van der Waals surface area contributed by atoms with Crippen LogP contribution in [0.4, 0.5) is 5.82 Å². The Balaban J connectivity index is 1.34. The number of pyridine rings is 1. The molecule has 0 spiro atoms. The molecule has 3 aromatic heterocycles. The molecule has 8 heteroatoms. The van der Waals surface area contributed by atoms with Crippen LogP contribution >= 0.6 is 11.8 Å². The Morgan fingerprint density at radius 3 is 3.07 bits per heavy atom. The maximum atomic E-state index is 12.4. The van der Waals surface area contributed by atoms with Gasteiger partial charge in [-0.2, -0.15) is 16.9 Å². The van der Waals surface area contributed by atoms with E-state index in [1.54, 1.807) is 23.1 Å². The van der Waals surface area contributed by atoms with E-state index in [1.807, 2.05) is 24.8 Å². The first-order chi connectivity index (χ1) is 13.2. The van der Waals surface area contributed by atoms with Gasteiger partial charge in [0.05, 0.1) is 24.0 Å². The van der Waals surface area contributed by atoms with E-state index in [9.17, 15) is 4.79 Å². The van der Waals surface area contributed by atoms with Crippen molar-refractivity contribution < 1.29 is 0 Å². The zero-order valence-electron chi connectivity index (χ0n) is 15.1. The van der Waals surface area contributed by atoms with E-state index in [0.29, 0.717) is 12.5 Å². The smallest absolute Gasteiger partial charge is 0.267 e. The Kier molecular flexibility index (Phi) is 4.07. The van der Waals surface area contributed by atoms with Crippen LogP contribution in [0.3, 0.4) is 0 Å². The molecule has 2 aliphatic rings. The summed E-state index contributed by atoms with van der Waals surface area (Å²) >= 11 is 1.87. The van der Waals surface area contributed by atoms with Gasteiger partial charge >= 0.3 is 0 Å². The second kappa shape index (κ2) is 6.60. The lowest BCUT2D eigenvalue weighted by atomic mass is 9.99. The largest absolute Gasteiger partial charge is 0.355 e. The highest BCUT2D eigenvalue weighted by molar-refractivity contribution is 7.98. The maximum Gasteiger partial charge on any atom is 0.267 e. The lowest BCUT2D eigenvalue weighted by Gasteiger charge is -2.40. The van der Waals surface area contributed by atoms with Crippen LogP contribution < -0.4 is 10.5 Å². The SMILES string of the molecule is Cc1nc(N2CC(Cn3nc4c(cc3=O)CSCC4)C2)c2ccncc2n1. The minimum Gasteiger partial charge on any atom is -0.355 e. The highest BCUT2D eigenvalue weighted by Crippen LogP contribution is 2.29. The highest BCUT2D eigenvalue weighted by Gasteiger charge is 2.30. The second-order valence-corrected chi connectivity index (χ2v) is 8.30. The summed E-state index contributed by atoms with van der Waals surface area (Å²) in [6.07, 6.45) is 4.51. The number of thioether (sulfide) groups is 1. The van der Waals surface area contributed by atoms with E-state index in [1.165, 1.54) is 0 Å². The Bertz CT molecular complexity index is 1080. The van der Waals surface area contributed by atoms with Gasteiger partial charge in [0.15, 0.2) is 0 Å². The summed E-state index contributed by atoms with van der Waals surface area (Å²) in [6.45, 7) is 4.31. The summed E-state index contributed by atoms with van der Waals surface area (Å²) < 4.78 is 1.66. The molecule has 5 heterocycles. The minimum absolute atomic E-state index is 0.0177. The van der Waals surface area contributed by atoms with Gasteiger partial charge in [0.1, 0.15) is 11.6 Å². The van der Waals surface area contributed by atoms with Crippen molar-refractivity contribution in [3.8, 4) is 0 Å². The minimum atomic E-state index is 0.0177. The number of hydrogen-bond acceptors (Lipinski definition) is 7. The molecule has 1 fully saturated rings. The van der Waals surface area contributed by atoms with Crippen LogP contribution in [-0.2, 0) is 18.7 Å². The predicted molar refractivity (Wildman–Crippen MR) is 106 cm³/mol. The Morgan fingerprint density at radius 1 is 1.30 bits per heavy atom. The van der Waals surface area contributed by atoms with Gasteiger partial charge in [-0.15, -0.1) is 0 Å². The van der Waals surface area contributed by atoms with Crippen molar-refractivity contribution >= 4 is 28.5 Å². The normalized spacial score (nSPS) is 17.0. The third-order valence-electron chi connectivity index (χ3n) is 5.18. The molecule has 0 amide bonds. The average molecular weight is 380 g/mol. The molecule has 0 unspecified atom stereocenters. The van der Waals surface area contributed by atoms with Gasteiger partial charge < -0.3 is 4.90 Å². The molecule has 5 rings (SSSR count). The van der Waals surface area contributed by atoms with Crippen LogP contribution in [0.5, 0.6) is 0 Å². The van der Waals surface area contributed by atoms with Gasteiger partial charge in [-0.25, -0.2) is 14.6 Å². The molecule has 0 saturated carbocycles. The van der Waals surface area contributed by atoms with E-state index >= 15 is 0 Å². The topological polar surface area (TPSA) is 76.8 Å². The Labute approximate surface area is 160 Å². The van der Waals surface area contributed by atoms with Crippen LogP contribution in [-0.4, -0.2) is 43.6 Å². The lowest BCUT2D eigenvalue weighted by molar-refractivity contribution is 0.331.